The second kappa shape index (κ2) is 10.5. The van der Waals surface area contributed by atoms with Crippen LogP contribution in [0.25, 0.3) is 0 Å². The predicted molar refractivity (Wildman–Crippen MR) is 123 cm³/mol. The van der Waals surface area contributed by atoms with E-state index >= 15 is 0 Å². The van der Waals surface area contributed by atoms with Crippen LogP contribution >= 0.6 is 11.8 Å². The average molecular weight is 447 g/mol. The van der Waals surface area contributed by atoms with Crippen molar-refractivity contribution in [3.63, 3.8) is 0 Å². The molecule has 1 aliphatic heterocycles. The number of hydrogen-bond acceptors (Lipinski definition) is 4. The van der Waals surface area contributed by atoms with E-state index in [2.05, 4.69) is 36.5 Å². The van der Waals surface area contributed by atoms with Gasteiger partial charge in [0, 0.05) is 31.1 Å². The van der Waals surface area contributed by atoms with Crippen molar-refractivity contribution in [2.75, 3.05) is 25.4 Å². The van der Waals surface area contributed by atoms with Gasteiger partial charge in [0.15, 0.2) is 0 Å². The molecule has 0 radical (unpaired) electrons. The fourth-order valence-electron chi connectivity index (χ4n) is 3.50. The van der Waals surface area contributed by atoms with Crippen molar-refractivity contribution in [3.8, 4) is 0 Å². The molecule has 1 N–H and O–H groups in total. The van der Waals surface area contributed by atoms with Crippen LogP contribution in [0.1, 0.15) is 29.5 Å². The van der Waals surface area contributed by atoms with Gasteiger partial charge in [-0.15, -0.1) is 0 Å². The Kier molecular flexibility index (Phi) is 7.97. The second-order valence-corrected chi connectivity index (χ2v) is 10.9. The highest BCUT2D eigenvalue weighted by Crippen LogP contribution is 2.24. The molecule has 2 aromatic rings. The molecule has 0 bridgehead atoms. The predicted octanol–water partition coefficient (Wildman–Crippen LogP) is 3.75. The zero-order valence-corrected chi connectivity index (χ0v) is 19.3. The summed E-state index contributed by atoms with van der Waals surface area (Å²) in [6, 6.07) is 15.4. The molecule has 0 unspecified atom stereocenters. The Balaban J connectivity index is 1.45. The average Bonchev–Trinajstić information content (AvgIpc) is 2.75. The van der Waals surface area contributed by atoms with Crippen molar-refractivity contribution in [2.45, 2.75) is 37.3 Å². The van der Waals surface area contributed by atoms with Crippen LogP contribution in [0.15, 0.2) is 53.4 Å². The molecule has 0 aliphatic carbocycles. The Morgan fingerprint density at radius 3 is 2.37 bits per heavy atom. The van der Waals surface area contributed by atoms with Gasteiger partial charge in [0.2, 0.25) is 15.9 Å². The van der Waals surface area contributed by atoms with Gasteiger partial charge >= 0.3 is 0 Å². The molecule has 162 valence electrons. The van der Waals surface area contributed by atoms with Crippen molar-refractivity contribution in [1.82, 2.24) is 9.62 Å². The molecule has 30 heavy (non-hydrogen) atoms. The third-order valence-corrected chi connectivity index (χ3v) is 8.26. The number of amides is 1. The maximum atomic E-state index is 12.9. The number of piperidine rings is 1. The maximum absolute atomic E-state index is 12.9. The van der Waals surface area contributed by atoms with Gasteiger partial charge in [-0.1, -0.05) is 47.5 Å². The number of carbonyl (C=O) groups excluding carboxylic acids is 1. The Morgan fingerprint density at radius 2 is 1.70 bits per heavy atom. The summed E-state index contributed by atoms with van der Waals surface area (Å²) in [5.74, 6) is 1.41. The lowest BCUT2D eigenvalue weighted by atomic mass is 9.99. The Labute approximate surface area is 184 Å². The molecule has 7 heteroatoms. The number of sulfonamides is 1. The van der Waals surface area contributed by atoms with Crippen molar-refractivity contribution in [2.24, 2.45) is 5.92 Å². The molecule has 1 amide bonds. The second-order valence-electron chi connectivity index (χ2n) is 7.84. The van der Waals surface area contributed by atoms with E-state index < -0.39 is 10.0 Å². The van der Waals surface area contributed by atoms with E-state index in [0.29, 0.717) is 24.4 Å². The molecule has 1 atom stereocenters. The summed E-state index contributed by atoms with van der Waals surface area (Å²) in [6.45, 7) is 5.31. The number of nitrogens with one attached hydrogen (secondary N) is 1. The van der Waals surface area contributed by atoms with Crippen LogP contribution in [0.2, 0.25) is 0 Å². The smallest absolute Gasteiger partial charge is 0.243 e. The molecule has 1 fully saturated rings. The van der Waals surface area contributed by atoms with Crippen LogP contribution < -0.4 is 5.32 Å². The van der Waals surface area contributed by atoms with Crippen LogP contribution in [-0.2, 0) is 20.6 Å². The van der Waals surface area contributed by atoms with E-state index in [9.17, 15) is 13.2 Å². The molecule has 1 saturated heterocycles. The van der Waals surface area contributed by atoms with Gasteiger partial charge in [-0.3, -0.25) is 4.79 Å². The molecular formula is C23H30N2O3S2. The van der Waals surface area contributed by atoms with Crippen LogP contribution in [-0.4, -0.2) is 44.0 Å². The van der Waals surface area contributed by atoms with E-state index in [0.717, 1.165) is 23.5 Å². The number of benzene rings is 2. The first-order chi connectivity index (χ1) is 14.4. The standard InChI is InChI=1S/C23H30N2O3S2/c1-18-5-9-20(10-6-18)17-29-15-13-24-23(26)21-4-3-14-25(16-21)30(27,28)22-11-7-19(2)8-12-22/h5-12,21H,3-4,13-17H2,1-2H3,(H,24,26)/t21-/m0/s1. The highest BCUT2D eigenvalue weighted by molar-refractivity contribution is 7.98. The number of thioether (sulfide) groups is 1. The van der Waals surface area contributed by atoms with Gasteiger partial charge in [-0.05, 0) is 44.4 Å². The SMILES string of the molecule is Cc1ccc(CSCCNC(=O)[C@H]2CCCN(S(=O)(=O)c3ccc(C)cc3)C2)cc1. The fourth-order valence-corrected chi connectivity index (χ4v) is 5.84. The maximum Gasteiger partial charge on any atom is 0.243 e. The van der Waals surface area contributed by atoms with Crippen LogP contribution in [0.5, 0.6) is 0 Å². The number of nitrogens with zero attached hydrogens (tertiary/aromatic N) is 1. The van der Waals surface area contributed by atoms with Gasteiger partial charge < -0.3 is 5.32 Å². The third kappa shape index (κ3) is 6.09. The lowest BCUT2D eigenvalue weighted by molar-refractivity contribution is -0.125. The molecule has 3 rings (SSSR count). The highest BCUT2D eigenvalue weighted by atomic mass is 32.2. The van der Waals surface area contributed by atoms with Crippen molar-refractivity contribution < 1.29 is 13.2 Å². The number of hydrogen-bond donors (Lipinski definition) is 1. The number of rotatable bonds is 8. The van der Waals surface area contributed by atoms with E-state index in [1.54, 1.807) is 36.0 Å². The van der Waals surface area contributed by atoms with Crippen LogP contribution in [0, 0.1) is 19.8 Å². The van der Waals surface area contributed by atoms with Gasteiger partial charge in [0.1, 0.15) is 0 Å². The van der Waals surface area contributed by atoms with E-state index in [1.165, 1.54) is 15.4 Å². The lowest BCUT2D eigenvalue weighted by Gasteiger charge is -2.31. The molecule has 0 spiro atoms. The quantitative estimate of drug-likeness (QED) is 0.627. The zero-order chi connectivity index (χ0) is 21.6. The highest BCUT2D eigenvalue weighted by Gasteiger charge is 2.33. The molecule has 0 aromatic heterocycles. The molecular weight excluding hydrogens is 416 g/mol. The molecule has 5 nitrogen and oxygen atoms in total. The summed E-state index contributed by atoms with van der Waals surface area (Å²) in [6.07, 6.45) is 1.42. The first-order valence-corrected chi connectivity index (χ1v) is 12.9. The van der Waals surface area contributed by atoms with Gasteiger partial charge in [-0.25, -0.2) is 8.42 Å². The lowest BCUT2D eigenvalue weighted by Crippen LogP contribution is -2.45. The van der Waals surface area contributed by atoms with Gasteiger partial charge in [0.25, 0.3) is 0 Å². The number of carbonyl (C=O) groups is 1. The van der Waals surface area contributed by atoms with Crippen molar-refractivity contribution >= 4 is 27.7 Å². The molecule has 1 aliphatic rings. The Bertz CT molecular complexity index is 941. The topological polar surface area (TPSA) is 66.5 Å². The summed E-state index contributed by atoms with van der Waals surface area (Å²) < 4.78 is 27.3. The Hall–Kier alpha value is -1.83. The molecule has 2 aromatic carbocycles. The zero-order valence-electron chi connectivity index (χ0n) is 17.6. The third-order valence-electron chi connectivity index (χ3n) is 5.35. The summed E-state index contributed by atoms with van der Waals surface area (Å²) in [4.78, 5) is 12.9. The minimum absolute atomic E-state index is 0.0465. The van der Waals surface area contributed by atoms with E-state index in [4.69, 9.17) is 0 Å². The van der Waals surface area contributed by atoms with Gasteiger partial charge in [0.05, 0.1) is 10.8 Å². The minimum Gasteiger partial charge on any atom is -0.355 e. The monoisotopic (exact) mass is 446 g/mol. The molecule has 1 heterocycles. The normalized spacial score (nSPS) is 17.6. The first-order valence-electron chi connectivity index (χ1n) is 10.3. The summed E-state index contributed by atoms with van der Waals surface area (Å²) in [7, 11) is -3.56. The summed E-state index contributed by atoms with van der Waals surface area (Å²) >= 11 is 1.78. The summed E-state index contributed by atoms with van der Waals surface area (Å²) in [5.41, 5.74) is 3.55. The van der Waals surface area contributed by atoms with E-state index in [-0.39, 0.29) is 18.4 Å². The molecule has 0 saturated carbocycles. The first kappa shape index (κ1) is 22.8. The fraction of sp³-hybridized carbons (Fsp3) is 0.435. The Morgan fingerprint density at radius 1 is 1.07 bits per heavy atom. The summed E-state index contributed by atoms with van der Waals surface area (Å²) in [5, 5.41) is 2.99. The largest absolute Gasteiger partial charge is 0.355 e. The minimum atomic E-state index is -3.56. The van der Waals surface area contributed by atoms with Crippen LogP contribution in [0.4, 0.5) is 0 Å². The number of aryl methyl sites for hydroxylation is 2. The van der Waals surface area contributed by atoms with E-state index in [1.807, 2.05) is 6.92 Å². The van der Waals surface area contributed by atoms with Crippen molar-refractivity contribution in [1.29, 1.82) is 0 Å². The van der Waals surface area contributed by atoms with Crippen LogP contribution in [0.3, 0.4) is 0 Å². The van der Waals surface area contributed by atoms with Gasteiger partial charge in [-0.2, -0.15) is 16.1 Å². The van der Waals surface area contributed by atoms with Crippen molar-refractivity contribution in [3.05, 3.63) is 65.2 Å².